The number of aliphatic hydroxyl groups excluding tert-OH is 1. The van der Waals surface area contributed by atoms with Crippen molar-refractivity contribution in [1.29, 1.82) is 0 Å². The summed E-state index contributed by atoms with van der Waals surface area (Å²) in [4.78, 5) is 14.1. The number of aromatic nitrogens is 2. The predicted molar refractivity (Wildman–Crippen MR) is 99.9 cm³/mol. The van der Waals surface area contributed by atoms with Crippen molar-refractivity contribution in [3.63, 3.8) is 0 Å². The van der Waals surface area contributed by atoms with Crippen molar-refractivity contribution in [1.82, 2.24) is 9.78 Å². The van der Waals surface area contributed by atoms with E-state index in [2.05, 4.69) is 17.2 Å². The van der Waals surface area contributed by atoms with Crippen molar-refractivity contribution >= 4 is 11.8 Å². The van der Waals surface area contributed by atoms with Crippen LogP contribution in [0.3, 0.4) is 0 Å². The zero-order chi connectivity index (χ0) is 18.7. The van der Waals surface area contributed by atoms with Gasteiger partial charge in [-0.3, -0.25) is 9.48 Å². The van der Waals surface area contributed by atoms with Crippen LogP contribution in [0.25, 0.3) is 0 Å². The van der Waals surface area contributed by atoms with E-state index in [1.807, 2.05) is 60.8 Å². The fraction of sp³-hybridized carbons (Fsp3) is 0.500. The molecule has 26 heavy (non-hydrogen) atoms. The largest absolute Gasteiger partial charge is 0.460 e. The highest BCUT2D eigenvalue weighted by molar-refractivity contribution is 5.70. The average molecular weight is 357 g/mol. The molecule has 1 aliphatic rings. The molecule has 1 saturated heterocycles. The Hall–Kier alpha value is -2.34. The molecule has 2 atom stereocenters. The van der Waals surface area contributed by atoms with Gasteiger partial charge >= 0.3 is 5.97 Å². The van der Waals surface area contributed by atoms with Crippen LogP contribution in [0.2, 0.25) is 0 Å². The molecule has 0 radical (unpaired) electrons. The molecule has 1 N–H and O–H groups in total. The minimum atomic E-state index is -0.554. The van der Waals surface area contributed by atoms with Gasteiger partial charge in [0, 0.05) is 31.3 Å². The molecule has 1 fully saturated rings. The molecule has 2 heterocycles. The topological polar surface area (TPSA) is 67.6 Å². The Morgan fingerprint density at radius 2 is 1.96 bits per heavy atom. The van der Waals surface area contributed by atoms with Crippen molar-refractivity contribution in [2.24, 2.45) is 5.92 Å². The second-order valence-corrected chi connectivity index (χ2v) is 7.88. The van der Waals surface area contributed by atoms with E-state index in [4.69, 9.17) is 4.74 Å². The summed E-state index contributed by atoms with van der Waals surface area (Å²) < 4.78 is 7.26. The van der Waals surface area contributed by atoms with Gasteiger partial charge in [0.15, 0.2) is 5.82 Å². The number of ether oxygens (including phenoxy) is 1. The van der Waals surface area contributed by atoms with Crippen LogP contribution in [-0.2, 0) is 16.1 Å². The minimum Gasteiger partial charge on any atom is -0.460 e. The van der Waals surface area contributed by atoms with Gasteiger partial charge in [0.2, 0.25) is 0 Å². The quantitative estimate of drug-likeness (QED) is 0.833. The van der Waals surface area contributed by atoms with Crippen LogP contribution in [0.15, 0.2) is 42.6 Å². The fourth-order valence-electron chi connectivity index (χ4n) is 3.22. The first kappa shape index (κ1) is 18.5. The number of nitrogens with zero attached hydrogens (tertiary/aromatic N) is 3. The molecule has 2 aromatic rings. The van der Waals surface area contributed by atoms with E-state index >= 15 is 0 Å². The Labute approximate surface area is 154 Å². The van der Waals surface area contributed by atoms with Crippen LogP contribution in [0.1, 0.15) is 32.8 Å². The standard InChI is InChI=1S/C20H27N3O3/c1-20(2,3)26-19(25)11-16-13-22(14-17(16)24)18-9-10-23(21-18)12-15-7-5-4-6-8-15/h4-10,16-17,24H,11-14H2,1-3H3/t16?,17-/m1/s1. The first-order valence-corrected chi connectivity index (χ1v) is 9.02. The van der Waals surface area contributed by atoms with Crippen LogP contribution >= 0.6 is 0 Å². The molecule has 0 aliphatic carbocycles. The Bertz CT molecular complexity index is 736. The number of rotatable bonds is 5. The number of carbonyl (C=O) groups excluding carboxylic acids is 1. The Kier molecular flexibility index (Phi) is 5.32. The van der Waals surface area contributed by atoms with Gasteiger partial charge in [-0.25, -0.2) is 0 Å². The van der Waals surface area contributed by atoms with Gasteiger partial charge in [-0.1, -0.05) is 30.3 Å². The number of hydrogen-bond acceptors (Lipinski definition) is 5. The van der Waals surface area contributed by atoms with Gasteiger partial charge in [0.1, 0.15) is 5.60 Å². The lowest BCUT2D eigenvalue weighted by molar-refractivity contribution is -0.156. The Morgan fingerprint density at radius 1 is 1.23 bits per heavy atom. The molecule has 0 saturated carbocycles. The number of β-amino-alcohol motifs (C(OH)–C–C–N with tert-alkyl or cyclic N) is 1. The number of aliphatic hydroxyl groups is 1. The highest BCUT2D eigenvalue weighted by Gasteiger charge is 2.35. The highest BCUT2D eigenvalue weighted by atomic mass is 16.6. The SMILES string of the molecule is CC(C)(C)OC(=O)CC1CN(c2ccn(Cc3ccccc3)n2)C[C@H]1O. The minimum absolute atomic E-state index is 0.135. The van der Waals surface area contributed by atoms with Gasteiger partial charge < -0.3 is 14.7 Å². The van der Waals surface area contributed by atoms with Crippen LogP contribution in [0, 0.1) is 5.92 Å². The predicted octanol–water partition coefficient (Wildman–Crippen LogP) is 2.46. The zero-order valence-corrected chi connectivity index (χ0v) is 15.6. The third-order valence-corrected chi connectivity index (χ3v) is 4.39. The van der Waals surface area contributed by atoms with Crippen LogP contribution in [0.5, 0.6) is 0 Å². The normalized spacial score (nSPS) is 20.4. The first-order valence-electron chi connectivity index (χ1n) is 9.02. The van der Waals surface area contributed by atoms with Gasteiger partial charge in [0.05, 0.1) is 19.1 Å². The van der Waals surface area contributed by atoms with Gasteiger partial charge in [0.25, 0.3) is 0 Å². The van der Waals surface area contributed by atoms with Crippen LogP contribution in [-0.4, -0.2) is 45.7 Å². The van der Waals surface area contributed by atoms with Gasteiger partial charge in [-0.05, 0) is 26.3 Å². The molecule has 6 heteroatoms. The maximum absolute atomic E-state index is 12.0. The second kappa shape index (κ2) is 7.50. The summed E-state index contributed by atoms with van der Waals surface area (Å²) in [5.41, 5.74) is 0.683. The fourth-order valence-corrected chi connectivity index (χ4v) is 3.22. The van der Waals surface area contributed by atoms with Crippen molar-refractivity contribution < 1.29 is 14.6 Å². The summed E-state index contributed by atoms with van der Waals surface area (Å²) >= 11 is 0. The van der Waals surface area contributed by atoms with Crippen LogP contribution < -0.4 is 4.90 Å². The first-order chi connectivity index (χ1) is 12.3. The molecule has 1 aliphatic heterocycles. The van der Waals surface area contributed by atoms with Crippen LogP contribution in [0.4, 0.5) is 5.82 Å². The van der Waals surface area contributed by atoms with E-state index in [9.17, 15) is 9.90 Å². The molecular formula is C20H27N3O3. The third-order valence-electron chi connectivity index (χ3n) is 4.39. The maximum atomic E-state index is 12.0. The molecule has 1 unspecified atom stereocenters. The summed E-state index contributed by atoms with van der Waals surface area (Å²) in [6.07, 6.45) is 1.61. The lowest BCUT2D eigenvalue weighted by Gasteiger charge is -2.21. The monoisotopic (exact) mass is 357 g/mol. The third kappa shape index (κ3) is 4.85. The Morgan fingerprint density at radius 3 is 2.65 bits per heavy atom. The van der Waals surface area contributed by atoms with E-state index in [0.29, 0.717) is 19.6 Å². The number of benzene rings is 1. The smallest absolute Gasteiger partial charge is 0.306 e. The maximum Gasteiger partial charge on any atom is 0.306 e. The van der Waals surface area contributed by atoms with E-state index in [0.717, 1.165) is 5.82 Å². The lowest BCUT2D eigenvalue weighted by Crippen LogP contribution is -2.28. The molecule has 0 amide bonds. The van der Waals surface area contributed by atoms with Gasteiger partial charge in [-0.15, -0.1) is 0 Å². The molecular weight excluding hydrogens is 330 g/mol. The zero-order valence-electron chi connectivity index (χ0n) is 15.6. The Balaban J connectivity index is 1.58. The molecule has 140 valence electrons. The van der Waals surface area contributed by atoms with Crippen molar-refractivity contribution in [3.05, 3.63) is 48.2 Å². The van der Waals surface area contributed by atoms with Crippen molar-refractivity contribution in [2.75, 3.05) is 18.0 Å². The van der Waals surface area contributed by atoms with E-state index < -0.39 is 11.7 Å². The molecule has 1 aromatic heterocycles. The van der Waals surface area contributed by atoms with E-state index in [-0.39, 0.29) is 18.3 Å². The van der Waals surface area contributed by atoms with E-state index in [1.165, 1.54) is 5.56 Å². The highest BCUT2D eigenvalue weighted by Crippen LogP contribution is 2.26. The summed E-state index contributed by atoms with van der Waals surface area (Å²) in [6.45, 7) is 7.34. The van der Waals surface area contributed by atoms with Gasteiger partial charge in [-0.2, -0.15) is 5.10 Å². The molecule has 0 spiro atoms. The number of anilines is 1. The summed E-state index contributed by atoms with van der Waals surface area (Å²) in [6, 6.07) is 12.1. The van der Waals surface area contributed by atoms with Crippen molar-refractivity contribution in [2.45, 2.75) is 45.4 Å². The number of carbonyl (C=O) groups is 1. The molecule has 6 nitrogen and oxygen atoms in total. The van der Waals surface area contributed by atoms with E-state index in [1.54, 1.807) is 0 Å². The summed E-state index contributed by atoms with van der Waals surface area (Å²) in [7, 11) is 0. The molecule has 3 rings (SSSR count). The molecule has 0 bridgehead atoms. The second-order valence-electron chi connectivity index (χ2n) is 7.88. The summed E-state index contributed by atoms with van der Waals surface area (Å²) in [5.74, 6) is 0.425. The average Bonchev–Trinajstić information content (AvgIpc) is 3.14. The number of esters is 1. The summed E-state index contributed by atoms with van der Waals surface area (Å²) in [5, 5.41) is 14.9. The molecule has 1 aromatic carbocycles. The van der Waals surface area contributed by atoms with Crippen molar-refractivity contribution in [3.8, 4) is 0 Å². The lowest BCUT2D eigenvalue weighted by atomic mass is 10.0. The number of hydrogen-bond donors (Lipinski definition) is 1.